The summed E-state index contributed by atoms with van der Waals surface area (Å²) in [6.45, 7) is 0. The molecule has 2 N–H and O–H groups in total. The summed E-state index contributed by atoms with van der Waals surface area (Å²) < 4.78 is 37.3. The lowest BCUT2D eigenvalue weighted by Gasteiger charge is -2.12. The Labute approximate surface area is 167 Å². The van der Waals surface area contributed by atoms with Crippen molar-refractivity contribution in [2.75, 3.05) is 19.5 Å². The Bertz CT molecular complexity index is 1100. The van der Waals surface area contributed by atoms with Crippen LogP contribution in [0.4, 0.5) is 10.7 Å². The molecule has 150 valence electrons. The number of sulfonamides is 1. The molecule has 0 bridgehead atoms. The monoisotopic (exact) mass is 415 g/mol. The molecule has 3 rings (SSSR count). The van der Waals surface area contributed by atoms with Crippen molar-refractivity contribution in [2.45, 2.75) is 4.90 Å². The van der Waals surface area contributed by atoms with Crippen LogP contribution in [0.3, 0.4) is 0 Å². The molecule has 2 amide bonds. The van der Waals surface area contributed by atoms with E-state index in [2.05, 4.69) is 20.3 Å². The number of nitrogens with one attached hydrogen (secondary N) is 2. The summed E-state index contributed by atoms with van der Waals surface area (Å²) in [5.74, 6) is -0.238. The first-order valence-electron chi connectivity index (χ1n) is 8.25. The number of urea groups is 1. The molecule has 29 heavy (non-hydrogen) atoms. The van der Waals surface area contributed by atoms with E-state index in [1.54, 1.807) is 42.5 Å². The van der Waals surface area contributed by atoms with Crippen LogP contribution >= 0.6 is 0 Å². The van der Waals surface area contributed by atoms with Crippen LogP contribution in [-0.2, 0) is 10.0 Å². The number of ether oxygens (including phenoxy) is 2. The molecule has 0 saturated heterocycles. The lowest BCUT2D eigenvalue weighted by Crippen LogP contribution is -2.35. The van der Waals surface area contributed by atoms with Crippen molar-refractivity contribution in [3.8, 4) is 23.1 Å². The van der Waals surface area contributed by atoms with Gasteiger partial charge in [-0.05, 0) is 11.6 Å². The maximum absolute atomic E-state index is 12.8. The highest BCUT2D eigenvalue weighted by atomic mass is 32.2. The zero-order valence-electron chi connectivity index (χ0n) is 15.5. The predicted octanol–water partition coefficient (Wildman–Crippen LogP) is 2.07. The first-order valence-corrected chi connectivity index (χ1v) is 9.73. The third kappa shape index (κ3) is 4.76. The number of carbonyl (C=O) groups excluding carboxylic acids is 1. The Morgan fingerprint density at radius 3 is 2.07 bits per heavy atom. The normalized spacial score (nSPS) is 10.8. The Balaban J connectivity index is 1.85. The molecule has 0 aliphatic carbocycles. The smallest absolute Gasteiger partial charge is 0.335 e. The Hall–Kier alpha value is -3.73. The van der Waals surface area contributed by atoms with Crippen LogP contribution in [0.5, 0.6) is 12.0 Å². The molecule has 0 spiro atoms. The molecule has 0 fully saturated rings. The molecule has 0 unspecified atom stereocenters. The van der Waals surface area contributed by atoms with Crippen molar-refractivity contribution in [3.05, 3.63) is 54.6 Å². The van der Waals surface area contributed by atoms with Gasteiger partial charge in [0, 0.05) is 5.56 Å². The van der Waals surface area contributed by atoms with Gasteiger partial charge in [-0.3, -0.25) is 5.32 Å². The molecular weight excluding hydrogens is 398 g/mol. The van der Waals surface area contributed by atoms with Crippen LogP contribution in [-0.4, -0.2) is 43.6 Å². The highest BCUT2D eigenvalue weighted by Gasteiger charge is 2.22. The molecule has 0 atom stereocenters. The standard InChI is InChI=1S/C18H17N5O5S/c1-27-17-20-15(21-18(22-17)28-2)19-16(24)23-29(25,26)14-11-7-6-10-13(14)12-8-4-3-5-9-12/h3-11H,1-2H3,(H2,19,20,21,22,23,24). The number of hydrogen-bond acceptors (Lipinski definition) is 8. The molecule has 0 aliphatic rings. The highest BCUT2D eigenvalue weighted by Crippen LogP contribution is 2.26. The van der Waals surface area contributed by atoms with Gasteiger partial charge in [0.15, 0.2) is 0 Å². The van der Waals surface area contributed by atoms with E-state index < -0.39 is 16.1 Å². The second-order valence-electron chi connectivity index (χ2n) is 5.55. The average Bonchev–Trinajstić information content (AvgIpc) is 2.73. The maximum atomic E-state index is 12.8. The lowest BCUT2D eigenvalue weighted by molar-refractivity contribution is 0.256. The molecule has 1 heterocycles. The van der Waals surface area contributed by atoms with Gasteiger partial charge in [0.25, 0.3) is 10.0 Å². The van der Waals surface area contributed by atoms with Crippen LogP contribution in [0.2, 0.25) is 0 Å². The van der Waals surface area contributed by atoms with E-state index in [4.69, 9.17) is 9.47 Å². The third-order valence-electron chi connectivity index (χ3n) is 3.67. The minimum atomic E-state index is -4.19. The molecule has 0 radical (unpaired) electrons. The number of rotatable bonds is 6. The van der Waals surface area contributed by atoms with E-state index in [-0.39, 0.29) is 22.9 Å². The van der Waals surface area contributed by atoms with Gasteiger partial charge in [-0.25, -0.2) is 17.9 Å². The number of methoxy groups -OCH3 is 2. The zero-order valence-corrected chi connectivity index (χ0v) is 16.3. The van der Waals surface area contributed by atoms with Gasteiger partial charge in [0.1, 0.15) is 0 Å². The fourth-order valence-electron chi connectivity index (χ4n) is 2.44. The minimum absolute atomic E-state index is 0.0489. The number of anilines is 1. The molecule has 0 saturated carbocycles. The number of hydrogen-bond donors (Lipinski definition) is 2. The van der Waals surface area contributed by atoms with Crippen molar-refractivity contribution in [1.29, 1.82) is 0 Å². The summed E-state index contributed by atoms with van der Waals surface area (Å²) >= 11 is 0. The Kier molecular flexibility index (Phi) is 5.88. The first-order chi connectivity index (χ1) is 13.9. The van der Waals surface area contributed by atoms with Crippen molar-refractivity contribution < 1.29 is 22.7 Å². The quantitative estimate of drug-likeness (QED) is 0.625. The number of aromatic nitrogens is 3. The maximum Gasteiger partial charge on any atom is 0.335 e. The largest absolute Gasteiger partial charge is 0.467 e. The van der Waals surface area contributed by atoms with Crippen molar-refractivity contribution in [3.63, 3.8) is 0 Å². The van der Waals surface area contributed by atoms with Crippen LogP contribution in [0.1, 0.15) is 0 Å². The van der Waals surface area contributed by atoms with Gasteiger partial charge in [0.05, 0.1) is 19.1 Å². The fourth-order valence-corrected chi connectivity index (χ4v) is 3.58. The minimum Gasteiger partial charge on any atom is -0.467 e. The molecule has 1 aromatic heterocycles. The number of carbonyl (C=O) groups is 1. The van der Waals surface area contributed by atoms with Gasteiger partial charge < -0.3 is 9.47 Å². The Morgan fingerprint density at radius 1 is 0.862 bits per heavy atom. The van der Waals surface area contributed by atoms with Crippen LogP contribution in [0, 0.1) is 0 Å². The number of nitrogens with zero attached hydrogens (tertiary/aromatic N) is 3. The van der Waals surface area contributed by atoms with Crippen LogP contribution in [0.25, 0.3) is 11.1 Å². The second-order valence-corrected chi connectivity index (χ2v) is 7.21. The average molecular weight is 415 g/mol. The highest BCUT2D eigenvalue weighted by molar-refractivity contribution is 7.90. The van der Waals surface area contributed by atoms with E-state index in [1.165, 1.54) is 20.3 Å². The lowest BCUT2D eigenvalue weighted by atomic mass is 10.1. The molecule has 2 aromatic carbocycles. The fraction of sp³-hybridized carbons (Fsp3) is 0.111. The molecule has 0 aliphatic heterocycles. The SMILES string of the molecule is COc1nc(NC(=O)NS(=O)(=O)c2ccccc2-c2ccccc2)nc(OC)n1. The van der Waals surface area contributed by atoms with E-state index in [0.717, 1.165) is 0 Å². The third-order valence-corrected chi connectivity index (χ3v) is 5.06. The van der Waals surface area contributed by atoms with Crippen molar-refractivity contribution in [2.24, 2.45) is 0 Å². The number of benzene rings is 2. The summed E-state index contributed by atoms with van der Waals surface area (Å²) in [5, 5.41) is 2.23. The van der Waals surface area contributed by atoms with E-state index in [0.29, 0.717) is 11.1 Å². The van der Waals surface area contributed by atoms with Gasteiger partial charge in [-0.15, -0.1) is 4.98 Å². The van der Waals surface area contributed by atoms with Crippen molar-refractivity contribution in [1.82, 2.24) is 19.7 Å². The number of amides is 2. The summed E-state index contributed by atoms with van der Waals surface area (Å²) in [6.07, 6.45) is 0. The summed E-state index contributed by atoms with van der Waals surface area (Å²) in [7, 11) is -1.54. The topological polar surface area (TPSA) is 132 Å². The Morgan fingerprint density at radius 2 is 1.45 bits per heavy atom. The summed E-state index contributed by atoms with van der Waals surface area (Å²) in [5.41, 5.74) is 1.15. The summed E-state index contributed by atoms with van der Waals surface area (Å²) in [4.78, 5) is 23.6. The molecular formula is C18H17N5O5S. The van der Waals surface area contributed by atoms with Gasteiger partial charge >= 0.3 is 18.1 Å². The van der Waals surface area contributed by atoms with E-state index >= 15 is 0 Å². The van der Waals surface area contributed by atoms with Gasteiger partial charge in [-0.2, -0.15) is 9.97 Å². The van der Waals surface area contributed by atoms with Gasteiger partial charge in [-0.1, -0.05) is 48.5 Å². The molecule has 11 heteroatoms. The van der Waals surface area contributed by atoms with Crippen LogP contribution < -0.4 is 19.5 Å². The van der Waals surface area contributed by atoms with Crippen molar-refractivity contribution >= 4 is 22.0 Å². The molecule has 10 nitrogen and oxygen atoms in total. The van der Waals surface area contributed by atoms with Gasteiger partial charge in [0.2, 0.25) is 5.95 Å². The predicted molar refractivity (Wildman–Crippen MR) is 104 cm³/mol. The van der Waals surface area contributed by atoms with Crippen LogP contribution in [0.15, 0.2) is 59.5 Å². The van der Waals surface area contributed by atoms with E-state index in [9.17, 15) is 13.2 Å². The molecule has 3 aromatic rings. The zero-order chi connectivity index (χ0) is 20.9. The second kappa shape index (κ2) is 8.52. The summed E-state index contributed by atoms with van der Waals surface area (Å²) in [6, 6.07) is 14.0. The first kappa shape index (κ1) is 20.0. The van der Waals surface area contributed by atoms with E-state index in [1.807, 2.05) is 10.8 Å².